The Labute approximate surface area is 172 Å². The van der Waals surface area contributed by atoms with Crippen molar-refractivity contribution in [3.63, 3.8) is 0 Å². The van der Waals surface area contributed by atoms with Gasteiger partial charge in [-0.05, 0) is 55.0 Å². The molecule has 0 aliphatic carbocycles. The van der Waals surface area contributed by atoms with Crippen LogP contribution < -0.4 is 5.73 Å². The van der Waals surface area contributed by atoms with Crippen LogP contribution in [0.1, 0.15) is 32.3 Å². The molecule has 0 radical (unpaired) electrons. The molecule has 0 bridgehead atoms. The summed E-state index contributed by atoms with van der Waals surface area (Å²) in [6.45, 7) is 4.08. The summed E-state index contributed by atoms with van der Waals surface area (Å²) in [5.41, 5.74) is 6.72. The van der Waals surface area contributed by atoms with E-state index in [-0.39, 0.29) is 17.4 Å². The molecule has 28 heavy (non-hydrogen) atoms. The quantitative estimate of drug-likeness (QED) is 0.631. The first-order valence-corrected chi connectivity index (χ1v) is 11.1. The molecule has 0 fully saturated rings. The number of nitrogens with zero attached hydrogens (tertiary/aromatic N) is 1. The molecule has 0 saturated carbocycles. The van der Waals surface area contributed by atoms with Crippen molar-refractivity contribution in [3.8, 4) is 0 Å². The number of aryl methyl sites for hydroxylation is 1. The van der Waals surface area contributed by atoms with Gasteiger partial charge >= 0.3 is 0 Å². The van der Waals surface area contributed by atoms with E-state index >= 15 is 0 Å². The first kappa shape index (κ1) is 22.4. The van der Waals surface area contributed by atoms with E-state index in [1.54, 1.807) is 0 Å². The predicted octanol–water partition coefficient (Wildman–Crippen LogP) is 3.86. The minimum Gasteiger partial charge on any atom is -0.368 e. The summed E-state index contributed by atoms with van der Waals surface area (Å²) < 4.78 is 27.8. The van der Waals surface area contributed by atoms with E-state index < -0.39 is 22.0 Å². The second-order valence-corrected chi connectivity index (χ2v) is 9.53. The second kappa shape index (κ2) is 10.0. The van der Waals surface area contributed by atoms with Crippen molar-refractivity contribution in [1.82, 2.24) is 4.31 Å². The Kier molecular flexibility index (Phi) is 8.04. The standard InChI is InChI=1S/C21H27ClN2O3S/c1-16(2)15-20(21(23)25)24(14-6-9-17-7-4-3-5-8-17)28(26,27)19-12-10-18(22)11-13-19/h3-5,7-8,10-13,16,20H,6,9,14-15H2,1-2H3,(H2,23,25)/t20-/m1/s1. The van der Waals surface area contributed by atoms with Crippen LogP contribution in [0.4, 0.5) is 0 Å². The Morgan fingerprint density at radius 1 is 1.07 bits per heavy atom. The molecule has 0 aliphatic heterocycles. The van der Waals surface area contributed by atoms with Crippen LogP contribution >= 0.6 is 11.6 Å². The first-order chi connectivity index (χ1) is 13.2. The van der Waals surface area contributed by atoms with Gasteiger partial charge in [0.05, 0.1) is 4.90 Å². The molecular weight excluding hydrogens is 396 g/mol. The molecule has 0 spiro atoms. The van der Waals surface area contributed by atoms with Crippen molar-refractivity contribution in [2.75, 3.05) is 6.54 Å². The Bertz CT molecular complexity index is 868. The second-order valence-electron chi connectivity index (χ2n) is 7.21. The van der Waals surface area contributed by atoms with Gasteiger partial charge in [0.15, 0.2) is 0 Å². The topological polar surface area (TPSA) is 80.5 Å². The number of hydrogen-bond donors (Lipinski definition) is 1. The van der Waals surface area contributed by atoms with Crippen LogP contribution in [0.3, 0.4) is 0 Å². The van der Waals surface area contributed by atoms with E-state index in [1.165, 1.54) is 28.6 Å². The van der Waals surface area contributed by atoms with Gasteiger partial charge in [0.2, 0.25) is 15.9 Å². The van der Waals surface area contributed by atoms with E-state index in [4.69, 9.17) is 17.3 Å². The maximum absolute atomic E-state index is 13.3. The lowest BCUT2D eigenvalue weighted by atomic mass is 10.0. The average Bonchev–Trinajstić information content (AvgIpc) is 2.64. The number of sulfonamides is 1. The Morgan fingerprint density at radius 2 is 1.68 bits per heavy atom. The van der Waals surface area contributed by atoms with Crippen LogP contribution in [-0.4, -0.2) is 31.2 Å². The van der Waals surface area contributed by atoms with Crippen LogP contribution in [-0.2, 0) is 21.2 Å². The lowest BCUT2D eigenvalue weighted by molar-refractivity contribution is -0.122. The summed E-state index contributed by atoms with van der Waals surface area (Å²) in [6.07, 6.45) is 1.66. The highest BCUT2D eigenvalue weighted by atomic mass is 35.5. The largest absolute Gasteiger partial charge is 0.368 e. The summed E-state index contributed by atoms with van der Waals surface area (Å²) in [5, 5.41) is 0.447. The number of halogens is 1. The highest BCUT2D eigenvalue weighted by molar-refractivity contribution is 7.89. The molecule has 1 amide bonds. The molecule has 0 saturated heterocycles. The Morgan fingerprint density at radius 3 is 2.21 bits per heavy atom. The van der Waals surface area contributed by atoms with Crippen LogP contribution in [0, 0.1) is 5.92 Å². The zero-order valence-corrected chi connectivity index (χ0v) is 17.8. The number of rotatable bonds is 10. The summed E-state index contributed by atoms with van der Waals surface area (Å²) in [4.78, 5) is 12.2. The van der Waals surface area contributed by atoms with E-state index in [0.29, 0.717) is 24.3 Å². The summed E-state index contributed by atoms with van der Waals surface area (Å²) in [7, 11) is -3.89. The van der Waals surface area contributed by atoms with Gasteiger partial charge in [0.1, 0.15) is 6.04 Å². The average molecular weight is 423 g/mol. The van der Waals surface area contributed by atoms with Crippen molar-refractivity contribution in [2.45, 2.75) is 44.0 Å². The van der Waals surface area contributed by atoms with Gasteiger partial charge in [-0.15, -0.1) is 0 Å². The highest BCUT2D eigenvalue weighted by Gasteiger charge is 2.34. The number of carbonyl (C=O) groups excluding carboxylic acids is 1. The molecule has 0 aromatic heterocycles. The molecule has 1 atom stereocenters. The molecule has 0 aliphatic rings. The van der Waals surface area contributed by atoms with Gasteiger partial charge in [-0.25, -0.2) is 8.42 Å². The van der Waals surface area contributed by atoms with Gasteiger partial charge in [-0.1, -0.05) is 55.8 Å². The molecule has 2 rings (SSSR count). The maximum Gasteiger partial charge on any atom is 0.243 e. The highest BCUT2D eigenvalue weighted by Crippen LogP contribution is 2.24. The minimum absolute atomic E-state index is 0.103. The Balaban J connectivity index is 2.30. The molecule has 2 N–H and O–H groups in total. The zero-order chi connectivity index (χ0) is 20.7. The number of amides is 1. The van der Waals surface area contributed by atoms with Crippen LogP contribution in [0.2, 0.25) is 5.02 Å². The van der Waals surface area contributed by atoms with Crippen molar-refractivity contribution in [3.05, 3.63) is 65.2 Å². The Hall–Kier alpha value is -1.89. The lowest BCUT2D eigenvalue weighted by Crippen LogP contribution is -2.49. The normalized spacial score (nSPS) is 13.0. The van der Waals surface area contributed by atoms with Gasteiger partial charge in [0.25, 0.3) is 0 Å². The van der Waals surface area contributed by atoms with Gasteiger partial charge in [-0.2, -0.15) is 4.31 Å². The van der Waals surface area contributed by atoms with Gasteiger partial charge in [-0.3, -0.25) is 4.79 Å². The lowest BCUT2D eigenvalue weighted by Gasteiger charge is -2.30. The number of primary amides is 1. The van der Waals surface area contributed by atoms with E-state index in [9.17, 15) is 13.2 Å². The molecule has 2 aromatic carbocycles. The fourth-order valence-electron chi connectivity index (χ4n) is 3.09. The monoisotopic (exact) mass is 422 g/mol. The summed E-state index contributed by atoms with van der Waals surface area (Å²) in [5.74, 6) is -0.513. The maximum atomic E-state index is 13.3. The number of nitrogens with two attached hydrogens (primary N) is 1. The van der Waals surface area contributed by atoms with Crippen molar-refractivity contribution < 1.29 is 13.2 Å². The first-order valence-electron chi connectivity index (χ1n) is 9.32. The van der Waals surface area contributed by atoms with Crippen LogP contribution in [0.25, 0.3) is 0 Å². The summed E-state index contributed by atoms with van der Waals surface area (Å²) in [6, 6.07) is 14.9. The van der Waals surface area contributed by atoms with Gasteiger partial charge in [0, 0.05) is 11.6 Å². The van der Waals surface area contributed by atoms with Crippen molar-refractivity contribution >= 4 is 27.5 Å². The molecule has 7 heteroatoms. The molecule has 2 aromatic rings. The van der Waals surface area contributed by atoms with Gasteiger partial charge < -0.3 is 5.73 Å². The minimum atomic E-state index is -3.89. The molecule has 0 heterocycles. The third kappa shape index (κ3) is 6.06. The number of benzene rings is 2. The molecule has 152 valence electrons. The fourth-order valence-corrected chi connectivity index (χ4v) is 4.86. The number of hydrogen-bond acceptors (Lipinski definition) is 3. The smallest absolute Gasteiger partial charge is 0.243 e. The molecule has 0 unspecified atom stereocenters. The third-order valence-corrected chi connectivity index (χ3v) is 6.65. The third-order valence-electron chi connectivity index (χ3n) is 4.48. The predicted molar refractivity (Wildman–Crippen MR) is 113 cm³/mol. The molecular formula is C21H27ClN2O3S. The van der Waals surface area contributed by atoms with E-state index in [2.05, 4.69) is 0 Å². The number of carbonyl (C=O) groups is 1. The van der Waals surface area contributed by atoms with Crippen molar-refractivity contribution in [1.29, 1.82) is 0 Å². The SMILES string of the molecule is CC(C)C[C@H](C(N)=O)N(CCCc1ccccc1)S(=O)(=O)c1ccc(Cl)cc1. The van der Waals surface area contributed by atoms with Crippen LogP contribution in [0.15, 0.2) is 59.5 Å². The fraction of sp³-hybridized carbons (Fsp3) is 0.381. The summed E-state index contributed by atoms with van der Waals surface area (Å²) >= 11 is 5.89. The molecule has 5 nitrogen and oxygen atoms in total. The zero-order valence-electron chi connectivity index (χ0n) is 16.2. The van der Waals surface area contributed by atoms with Crippen molar-refractivity contribution in [2.24, 2.45) is 11.7 Å². The van der Waals surface area contributed by atoms with E-state index in [0.717, 1.165) is 5.56 Å². The van der Waals surface area contributed by atoms with Crippen LogP contribution in [0.5, 0.6) is 0 Å². The van der Waals surface area contributed by atoms with E-state index in [1.807, 2.05) is 44.2 Å².